The van der Waals surface area contributed by atoms with Gasteiger partial charge in [-0.1, -0.05) is 44.0 Å². The van der Waals surface area contributed by atoms with Crippen molar-refractivity contribution in [3.05, 3.63) is 33.8 Å². The summed E-state index contributed by atoms with van der Waals surface area (Å²) >= 11 is 6.91. The molecule has 0 radical (unpaired) electrons. The van der Waals surface area contributed by atoms with E-state index in [1.54, 1.807) is 0 Å². The molecule has 0 N–H and O–H groups in total. The first-order valence-corrected chi connectivity index (χ1v) is 5.46. The van der Waals surface area contributed by atoms with Crippen LogP contribution in [0, 0.1) is 6.92 Å². The van der Waals surface area contributed by atoms with Gasteiger partial charge in [0.2, 0.25) is 0 Å². The van der Waals surface area contributed by atoms with Gasteiger partial charge < -0.3 is 0 Å². The first-order valence-electron chi connectivity index (χ1n) is 3.55. The topological polar surface area (TPSA) is 0 Å². The first-order chi connectivity index (χ1) is 5.24. The molecule has 0 saturated heterocycles. The number of aryl methyl sites for hydroxylation is 2. The van der Waals surface area contributed by atoms with E-state index in [-0.39, 0.29) is 0 Å². The van der Waals surface area contributed by atoms with Crippen molar-refractivity contribution >= 4 is 31.9 Å². The smallest absolute Gasteiger partial charge is 0.0207 e. The molecule has 0 saturated carbocycles. The molecule has 0 amide bonds. The maximum absolute atomic E-state index is 3.50. The summed E-state index contributed by atoms with van der Waals surface area (Å²) in [7, 11) is 0. The molecule has 60 valence electrons. The van der Waals surface area contributed by atoms with Gasteiger partial charge in [-0.2, -0.15) is 0 Å². The van der Waals surface area contributed by atoms with Gasteiger partial charge in [0.15, 0.2) is 0 Å². The molecule has 0 heterocycles. The predicted molar refractivity (Wildman–Crippen MR) is 56.4 cm³/mol. The van der Waals surface area contributed by atoms with Crippen LogP contribution in [0.1, 0.15) is 11.1 Å². The first kappa shape index (κ1) is 9.27. The molecule has 0 nitrogen and oxygen atoms in total. The number of benzene rings is 1. The summed E-state index contributed by atoms with van der Waals surface area (Å²) in [4.78, 5) is 0. The second-order valence-electron chi connectivity index (χ2n) is 2.52. The van der Waals surface area contributed by atoms with Crippen LogP contribution in [-0.4, -0.2) is 5.33 Å². The Morgan fingerprint density at radius 1 is 1.36 bits per heavy atom. The van der Waals surface area contributed by atoms with Crippen LogP contribution < -0.4 is 0 Å². The average molecular weight is 278 g/mol. The highest BCUT2D eigenvalue weighted by atomic mass is 79.9. The summed E-state index contributed by atoms with van der Waals surface area (Å²) in [6.45, 7) is 2.10. The van der Waals surface area contributed by atoms with Gasteiger partial charge in [-0.25, -0.2) is 0 Å². The van der Waals surface area contributed by atoms with Crippen molar-refractivity contribution in [2.45, 2.75) is 13.3 Å². The zero-order valence-corrected chi connectivity index (χ0v) is 9.57. The molecular formula is C9H10Br2. The lowest BCUT2D eigenvalue weighted by Crippen LogP contribution is -1.86. The Kier molecular flexibility index (Phi) is 3.60. The van der Waals surface area contributed by atoms with Crippen molar-refractivity contribution in [3.63, 3.8) is 0 Å². The highest BCUT2D eigenvalue weighted by Crippen LogP contribution is 2.17. The van der Waals surface area contributed by atoms with E-state index < -0.39 is 0 Å². The van der Waals surface area contributed by atoms with Crippen molar-refractivity contribution in [3.8, 4) is 0 Å². The lowest BCUT2D eigenvalue weighted by molar-refractivity contribution is 1.16. The Balaban J connectivity index is 2.86. The second kappa shape index (κ2) is 4.27. The molecule has 1 rings (SSSR count). The third-order valence-electron chi connectivity index (χ3n) is 1.62. The molecule has 1 aromatic carbocycles. The Morgan fingerprint density at radius 3 is 2.64 bits per heavy atom. The van der Waals surface area contributed by atoms with Crippen LogP contribution >= 0.6 is 31.9 Å². The Hall–Kier alpha value is 0.180. The average Bonchev–Trinajstić information content (AvgIpc) is 1.98. The Labute approximate surface area is 84.3 Å². The Morgan fingerprint density at radius 2 is 2.09 bits per heavy atom. The maximum Gasteiger partial charge on any atom is 0.0207 e. The van der Waals surface area contributed by atoms with Crippen LogP contribution in [0.5, 0.6) is 0 Å². The van der Waals surface area contributed by atoms with Gasteiger partial charge in [0.25, 0.3) is 0 Å². The summed E-state index contributed by atoms with van der Waals surface area (Å²) in [5.74, 6) is 0. The fraction of sp³-hybridized carbons (Fsp3) is 0.333. The van der Waals surface area contributed by atoms with Gasteiger partial charge in [0, 0.05) is 9.80 Å². The third-order valence-corrected chi connectivity index (χ3v) is 2.87. The molecule has 0 atom stereocenters. The number of alkyl halides is 1. The van der Waals surface area contributed by atoms with Crippen LogP contribution in [0.15, 0.2) is 22.7 Å². The molecule has 0 aliphatic heterocycles. The molecule has 0 aromatic heterocycles. The van der Waals surface area contributed by atoms with E-state index in [1.807, 2.05) is 0 Å². The molecule has 0 spiro atoms. The lowest BCUT2D eigenvalue weighted by atomic mass is 10.1. The number of hydrogen-bond donors (Lipinski definition) is 0. The number of rotatable bonds is 2. The van der Waals surface area contributed by atoms with Gasteiger partial charge in [-0.15, -0.1) is 0 Å². The van der Waals surface area contributed by atoms with E-state index in [0.717, 1.165) is 11.8 Å². The van der Waals surface area contributed by atoms with E-state index >= 15 is 0 Å². The van der Waals surface area contributed by atoms with Gasteiger partial charge in [-0.05, 0) is 30.5 Å². The Bertz CT molecular complexity index is 243. The molecule has 11 heavy (non-hydrogen) atoms. The van der Waals surface area contributed by atoms with Crippen molar-refractivity contribution in [1.29, 1.82) is 0 Å². The van der Waals surface area contributed by atoms with Crippen molar-refractivity contribution < 1.29 is 0 Å². The fourth-order valence-corrected chi connectivity index (χ4v) is 1.79. The molecule has 0 aliphatic rings. The van der Waals surface area contributed by atoms with Gasteiger partial charge in [0.05, 0.1) is 0 Å². The summed E-state index contributed by atoms with van der Waals surface area (Å²) < 4.78 is 1.20. The fourth-order valence-electron chi connectivity index (χ4n) is 0.901. The molecule has 1 aromatic rings. The zero-order valence-electron chi connectivity index (χ0n) is 6.40. The monoisotopic (exact) mass is 276 g/mol. The summed E-state index contributed by atoms with van der Waals surface area (Å²) in [5, 5.41) is 1.03. The highest BCUT2D eigenvalue weighted by Gasteiger charge is 1.95. The third kappa shape index (κ3) is 2.60. The lowest BCUT2D eigenvalue weighted by Gasteiger charge is -2.01. The van der Waals surface area contributed by atoms with E-state index in [9.17, 15) is 0 Å². The zero-order chi connectivity index (χ0) is 8.27. The van der Waals surface area contributed by atoms with E-state index in [1.165, 1.54) is 15.6 Å². The normalized spacial score (nSPS) is 10.1. The standard InChI is InChI=1S/C9H10Br2/c1-7-2-3-8(4-5-10)6-9(7)11/h2-3,6H,4-5H2,1H3. The molecule has 0 fully saturated rings. The van der Waals surface area contributed by atoms with Crippen LogP contribution in [-0.2, 0) is 6.42 Å². The summed E-state index contributed by atoms with van der Waals surface area (Å²) in [6, 6.07) is 6.49. The summed E-state index contributed by atoms with van der Waals surface area (Å²) in [5.41, 5.74) is 2.67. The predicted octanol–water partition coefficient (Wildman–Crippen LogP) is 3.69. The molecule has 2 heteroatoms. The highest BCUT2D eigenvalue weighted by molar-refractivity contribution is 9.10. The van der Waals surface area contributed by atoms with Crippen molar-refractivity contribution in [2.24, 2.45) is 0 Å². The molecule has 0 unspecified atom stereocenters. The maximum atomic E-state index is 3.50. The minimum absolute atomic E-state index is 1.03. The summed E-state index contributed by atoms with van der Waals surface area (Å²) in [6.07, 6.45) is 1.10. The second-order valence-corrected chi connectivity index (χ2v) is 4.17. The molecular weight excluding hydrogens is 268 g/mol. The van der Waals surface area contributed by atoms with Crippen LogP contribution in [0.3, 0.4) is 0 Å². The largest absolute Gasteiger partial charge is 0.0924 e. The number of halogens is 2. The van der Waals surface area contributed by atoms with Crippen LogP contribution in [0.2, 0.25) is 0 Å². The SMILES string of the molecule is Cc1ccc(CCBr)cc1Br. The number of hydrogen-bond acceptors (Lipinski definition) is 0. The minimum atomic E-state index is 1.03. The van der Waals surface area contributed by atoms with Gasteiger partial charge in [0.1, 0.15) is 0 Å². The quantitative estimate of drug-likeness (QED) is 0.724. The molecule has 0 aliphatic carbocycles. The molecule has 0 bridgehead atoms. The van der Waals surface area contributed by atoms with E-state index in [2.05, 4.69) is 57.0 Å². The van der Waals surface area contributed by atoms with Gasteiger partial charge >= 0.3 is 0 Å². The van der Waals surface area contributed by atoms with Crippen LogP contribution in [0.4, 0.5) is 0 Å². The van der Waals surface area contributed by atoms with Crippen molar-refractivity contribution in [1.82, 2.24) is 0 Å². The van der Waals surface area contributed by atoms with E-state index in [0.29, 0.717) is 0 Å². The van der Waals surface area contributed by atoms with Gasteiger partial charge in [-0.3, -0.25) is 0 Å². The van der Waals surface area contributed by atoms with E-state index in [4.69, 9.17) is 0 Å². The van der Waals surface area contributed by atoms with Crippen LogP contribution in [0.25, 0.3) is 0 Å². The van der Waals surface area contributed by atoms with Crippen molar-refractivity contribution in [2.75, 3.05) is 5.33 Å². The minimum Gasteiger partial charge on any atom is -0.0924 e.